The number of halogens is 1. The van der Waals surface area contributed by atoms with Crippen molar-refractivity contribution in [1.82, 2.24) is 5.32 Å². The summed E-state index contributed by atoms with van der Waals surface area (Å²) in [6, 6.07) is 4.09. The van der Waals surface area contributed by atoms with Gasteiger partial charge in [-0.05, 0) is 31.5 Å². The normalized spacial score (nSPS) is 12.3. The predicted octanol–water partition coefficient (Wildman–Crippen LogP) is 2.44. The third kappa shape index (κ3) is 5.17. The summed E-state index contributed by atoms with van der Waals surface area (Å²) in [6.45, 7) is 7.75. The zero-order valence-corrected chi connectivity index (χ0v) is 12.4. The van der Waals surface area contributed by atoms with Gasteiger partial charge in [0.25, 0.3) is 0 Å². The number of benzene rings is 1. The molecule has 1 aromatic rings. The van der Waals surface area contributed by atoms with Gasteiger partial charge in [0, 0.05) is 6.04 Å². The maximum atomic E-state index is 13.6. The van der Waals surface area contributed by atoms with E-state index in [2.05, 4.69) is 5.32 Å². The molecule has 1 rings (SSSR count). The molecule has 1 atom stereocenters. The van der Waals surface area contributed by atoms with E-state index in [0.717, 1.165) is 5.56 Å². The van der Waals surface area contributed by atoms with Crippen molar-refractivity contribution in [3.05, 3.63) is 29.6 Å². The first-order chi connectivity index (χ1) is 9.43. The van der Waals surface area contributed by atoms with Gasteiger partial charge in [0.15, 0.2) is 11.6 Å². The lowest BCUT2D eigenvalue weighted by Gasteiger charge is -2.20. The van der Waals surface area contributed by atoms with Gasteiger partial charge in [0.2, 0.25) is 0 Å². The van der Waals surface area contributed by atoms with Crippen molar-refractivity contribution in [2.24, 2.45) is 0 Å². The third-order valence-electron chi connectivity index (χ3n) is 2.60. The number of carbonyl (C=O) groups excluding carboxylic acids is 1. The maximum absolute atomic E-state index is 13.6. The van der Waals surface area contributed by atoms with E-state index < -0.39 is 17.8 Å². The Bertz CT molecular complexity index is 449. The third-order valence-corrected chi connectivity index (χ3v) is 2.60. The van der Waals surface area contributed by atoms with Crippen LogP contribution in [0.2, 0.25) is 0 Å². The number of hydrogen-bond donors (Lipinski definition) is 1. The van der Waals surface area contributed by atoms with Gasteiger partial charge in [-0.25, -0.2) is 4.39 Å². The highest BCUT2D eigenvalue weighted by Crippen LogP contribution is 2.18. The smallest absolute Gasteiger partial charge is 0.326 e. The molecule has 0 fully saturated rings. The minimum absolute atomic E-state index is 0.0252. The highest BCUT2D eigenvalue weighted by molar-refractivity contribution is 5.76. The molecule has 0 saturated heterocycles. The number of ether oxygens (including phenoxy) is 2. The number of nitrogens with one attached hydrogen (secondary N) is 1. The fraction of sp³-hybridized carbons (Fsp3) is 0.533. The Balaban J connectivity index is 2.70. The van der Waals surface area contributed by atoms with E-state index in [0.29, 0.717) is 6.61 Å². The molecule has 1 N–H and O–H groups in total. The van der Waals surface area contributed by atoms with Gasteiger partial charge in [-0.3, -0.25) is 10.1 Å². The second kappa shape index (κ2) is 7.85. The van der Waals surface area contributed by atoms with Crippen LogP contribution < -0.4 is 10.1 Å². The molecule has 0 radical (unpaired) electrons. The summed E-state index contributed by atoms with van der Waals surface area (Å²) in [5.41, 5.74) is 0.894. The Morgan fingerprint density at radius 2 is 2.10 bits per heavy atom. The summed E-state index contributed by atoms with van der Waals surface area (Å²) in [6.07, 6.45) is 0. The lowest BCUT2D eigenvalue weighted by molar-refractivity contribution is -0.146. The first-order valence-electron chi connectivity index (χ1n) is 6.75. The van der Waals surface area contributed by atoms with Gasteiger partial charge < -0.3 is 9.47 Å². The summed E-state index contributed by atoms with van der Waals surface area (Å²) in [5, 5.41) is 3.05. The van der Waals surface area contributed by atoms with Gasteiger partial charge in [-0.2, -0.15) is 0 Å². The van der Waals surface area contributed by atoms with Crippen LogP contribution in [0, 0.1) is 12.7 Å². The average molecular weight is 283 g/mol. The molecule has 0 saturated carbocycles. The van der Waals surface area contributed by atoms with Crippen LogP contribution in [-0.2, 0) is 9.53 Å². The molecule has 0 aromatic heterocycles. The van der Waals surface area contributed by atoms with E-state index in [1.807, 2.05) is 20.8 Å². The molecule has 0 amide bonds. The first-order valence-corrected chi connectivity index (χ1v) is 6.75. The molecule has 1 unspecified atom stereocenters. The summed E-state index contributed by atoms with van der Waals surface area (Å²) < 4.78 is 24.0. The Kier molecular flexibility index (Phi) is 6.45. The number of rotatable bonds is 7. The van der Waals surface area contributed by atoms with Crippen molar-refractivity contribution < 1.29 is 18.7 Å². The van der Waals surface area contributed by atoms with E-state index in [4.69, 9.17) is 9.47 Å². The van der Waals surface area contributed by atoms with E-state index in [9.17, 15) is 9.18 Å². The zero-order valence-electron chi connectivity index (χ0n) is 12.4. The number of esters is 1. The SMILES string of the molecule is CCOC(=O)C(COc1cc(C)ccc1F)NC(C)C. The molecule has 112 valence electrons. The van der Waals surface area contributed by atoms with E-state index in [1.165, 1.54) is 6.07 Å². The molecular formula is C15H22FNO3. The monoisotopic (exact) mass is 283 g/mol. The zero-order chi connectivity index (χ0) is 15.1. The maximum Gasteiger partial charge on any atom is 0.326 e. The van der Waals surface area contributed by atoms with Gasteiger partial charge in [0.1, 0.15) is 12.6 Å². The highest BCUT2D eigenvalue weighted by atomic mass is 19.1. The Morgan fingerprint density at radius 1 is 1.40 bits per heavy atom. The number of aryl methyl sites for hydroxylation is 1. The summed E-state index contributed by atoms with van der Waals surface area (Å²) in [5.74, 6) is -0.693. The molecule has 5 heteroatoms. The van der Waals surface area contributed by atoms with Gasteiger partial charge in [0.05, 0.1) is 6.61 Å². The summed E-state index contributed by atoms with van der Waals surface area (Å²) in [4.78, 5) is 11.8. The Labute approximate surface area is 119 Å². The number of hydrogen-bond acceptors (Lipinski definition) is 4. The van der Waals surface area contributed by atoms with E-state index >= 15 is 0 Å². The van der Waals surface area contributed by atoms with E-state index in [-0.39, 0.29) is 18.4 Å². The second-order valence-corrected chi connectivity index (χ2v) is 4.87. The van der Waals surface area contributed by atoms with Crippen LogP contribution in [0.4, 0.5) is 4.39 Å². The summed E-state index contributed by atoms with van der Waals surface area (Å²) >= 11 is 0. The minimum atomic E-state index is -0.616. The van der Waals surface area contributed by atoms with Crippen molar-refractivity contribution in [3.8, 4) is 5.75 Å². The topological polar surface area (TPSA) is 47.6 Å². The van der Waals surface area contributed by atoms with Crippen LogP contribution in [0.3, 0.4) is 0 Å². The van der Waals surface area contributed by atoms with Crippen molar-refractivity contribution in [2.75, 3.05) is 13.2 Å². The second-order valence-electron chi connectivity index (χ2n) is 4.87. The molecule has 1 aromatic carbocycles. The van der Waals surface area contributed by atoms with Crippen LogP contribution in [0.5, 0.6) is 5.75 Å². The highest BCUT2D eigenvalue weighted by Gasteiger charge is 2.21. The molecule has 0 heterocycles. The standard InChI is InChI=1S/C15H22FNO3/c1-5-19-15(18)13(17-10(2)3)9-20-14-8-11(4)6-7-12(14)16/h6-8,10,13,17H,5,9H2,1-4H3. The largest absolute Gasteiger partial charge is 0.488 e. The predicted molar refractivity (Wildman–Crippen MR) is 75.3 cm³/mol. The molecule has 0 aliphatic heterocycles. The fourth-order valence-corrected chi connectivity index (χ4v) is 1.72. The molecule has 0 spiro atoms. The van der Waals surface area contributed by atoms with Crippen molar-refractivity contribution in [1.29, 1.82) is 0 Å². The first kappa shape index (κ1) is 16.4. The lowest BCUT2D eigenvalue weighted by Crippen LogP contribution is -2.45. The molecule has 4 nitrogen and oxygen atoms in total. The van der Waals surface area contributed by atoms with Gasteiger partial charge in [-0.15, -0.1) is 0 Å². The van der Waals surface area contributed by atoms with Gasteiger partial charge >= 0.3 is 5.97 Å². The molecule has 0 aliphatic rings. The number of carbonyl (C=O) groups is 1. The van der Waals surface area contributed by atoms with Crippen LogP contribution >= 0.6 is 0 Å². The molecule has 0 aliphatic carbocycles. The minimum Gasteiger partial charge on any atom is -0.488 e. The van der Waals surface area contributed by atoms with Crippen LogP contribution in [0.1, 0.15) is 26.3 Å². The Morgan fingerprint density at radius 3 is 2.70 bits per heavy atom. The quantitative estimate of drug-likeness (QED) is 0.781. The van der Waals surface area contributed by atoms with Crippen molar-refractivity contribution in [3.63, 3.8) is 0 Å². The summed E-state index contributed by atoms with van der Waals surface area (Å²) in [7, 11) is 0. The Hall–Kier alpha value is -1.62. The van der Waals surface area contributed by atoms with Gasteiger partial charge in [-0.1, -0.05) is 19.9 Å². The van der Waals surface area contributed by atoms with Crippen LogP contribution in [0.25, 0.3) is 0 Å². The van der Waals surface area contributed by atoms with E-state index in [1.54, 1.807) is 19.1 Å². The molecule has 0 bridgehead atoms. The lowest BCUT2D eigenvalue weighted by atomic mass is 10.2. The average Bonchev–Trinajstić information content (AvgIpc) is 2.38. The van der Waals surface area contributed by atoms with Crippen molar-refractivity contribution >= 4 is 5.97 Å². The fourth-order valence-electron chi connectivity index (χ4n) is 1.72. The molecular weight excluding hydrogens is 261 g/mol. The molecule has 20 heavy (non-hydrogen) atoms. The van der Waals surface area contributed by atoms with Crippen LogP contribution in [-0.4, -0.2) is 31.3 Å². The van der Waals surface area contributed by atoms with Crippen LogP contribution in [0.15, 0.2) is 18.2 Å². The van der Waals surface area contributed by atoms with Crippen molar-refractivity contribution in [2.45, 2.75) is 39.8 Å².